The molecule has 0 aromatic heterocycles. The molecule has 0 atom stereocenters. The van der Waals surface area contributed by atoms with Crippen LogP contribution in [0.15, 0.2) is 6.33 Å². The molecule has 2 aliphatic rings. The molecule has 0 saturated heterocycles. The fourth-order valence-electron chi connectivity index (χ4n) is 2.18. The van der Waals surface area contributed by atoms with Crippen molar-refractivity contribution in [2.45, 2.75) is 52.5 Å². The predicted molar refractivity (Wildman–Crippen MR) is 79.6 cm³/mol. The second-order valence-corrected chi connectivity index (χ2v) is 4.53. The average molecular weight is 284 g/mol. The molecule has 0 saturated carbocycles. The number of imidazole rings is 1. The summed E-state index contributed by atoms with van der Waals surface area (Å²) in [6.07, 6.45) is 7.24. The van der Waals surface area contributed by atoms with E-state index in [1.54, 1.807) is 6.33 Å². The molecular formula is C13H22ClN5. The molecule has 0 bridgehead atoms. The Morgan fingerprint density at radius 1 is 1.16 bits per heavy atom. The van der Waals surface area contributed by atoms with E-state index in [1.165, 1.54) is 19.3 Å². The number of nitrogens with two attached hydrogens (primary N) is 1. The lowest BCUT2D eigenvalue weighted by Crippen LogP contribution is -2.14. The Kier molecular flexibility index (Phi) is 6.02. The molecule has 0 amide bonds. The molecule has 0 radical (unpaired) electrons. The highest BCUT2D eigenvalue weighted by Crippen LogP contribution is 2.24. The molecular weight excluding hydrogens is 262 g/mol. The Morgan fingerprint density at radius 2 is 1.95 bits per heavy atom. The lowest BCUT2D eigenvalue weighted by Gasteiger charge is -2.15. The first kappa shape index (κ1) is 15.7. The minimum Gasteiger partial charge on any atom is -0.369 e. The van der Waals surface area contributed by atoms with Gasteiger partial charge >= 0.3 is 0 Å². The zero-order valence-corrected chi connectivity index (χ0v) is 12.4. The van der Waals surface area contributed by atoms with Gasteiger partial charge in [-0.25, -0.2) is 15.0 Å². The van der Waals surface area contributed by atoms with Crippen LogP contribution in [-0.2, 0) is 13.0 Å². The van der Waals surface area contributed by atoms with Crippen LogP contribution >= 0.6 is 12.4 Å². The van der Waals surface area contributed by atoms with Crippen molar-refractivity contribution in [3.63, 3.8) is 0 Å². The van der Waals surface area contributed by atoms with E-state index in [-0.39, 0.29) is 12.4 Å². The van der Waals surface area contributed by atoms with E-state index in [2.05, 4.69) is 28.8 Å². The number of hydrogen-bond acceptors (Lipinski definition) is 4. The molecule has 0 spiro atoms. The third-order valence-electron chi connectivity index (χ3n) is 3.20. The van der Waals surface area contributed by atoms with Crippen LogP contribution in [0.1, 0.15) is 45.2 Å². The van der Waals surface area contributed by atoms with Crippen molar-refractivity contribution in [1.29, 1.82) is 0 Å². The summed E-state index contributed by atoms with van der Waals surface area (Å²) >= 11 is 0. The fourth-order valence-corrected chi connectivity index (χ4v) is 2.18. The maximum atomic E-state index is 6.02. The van der Waals surface area contributed by atoms with E-state index in [1.807, 2.05) is 4.57 Å². The number of hydrogen-bond donors (Lipinski definition) is 1. The van der Waals surface area contributed by atoms with Crippen LogP contribution < -0.4 is 5.73 Å². The van der Waals surface area contributed by atoms with Gasteiger partial charge in [0.15, 0.2) is 5.82 Å². The van der Waals surface area contributed by atoms with E-state index in [0.717, 1.165) is 36.6 Å². The molecule has 0 fully saturated rings. The van der Waals surface area contributed by atoms with Gasteiger partial charge in [-0.05, 0) is 12.8 Å². The second kappa shape index (κ2) is 7.28. The van der Waals surface area contributed by atoms with Gasteiger partial charge in [0.1, 0.15) is 12.0 Å². The molecule has 106 valence electrons. The quantitative estimate of drug-likeness (QED) is 0.828. The number of aryl methyl sites for hydroxylation is 1. The van der Waals surface area contributed by atoms with Crippen LogP contribution in [0.3, 0.4) is 0 Å². The van der Waals surface area contributed by atoms with Crippen LogP contribution in [-0.4, -0.2) is 19.5 Å². The van der Waals surface area contributed by atoms with E-state index in [9.17, 15) is 0 Å². The van der Waals surface area contributed by atoms with Gasteiger partial charge in [0.05, 0.1) is 5.69 Å². The van der Waals surface area contributed by atoms with Crippen molar-refractivity contribution in [3.8, 4) is 11.5 Å². The van der Waals surface area contributed by atoms with Gasteiger partial charge in [-0.1, -0.05) is 33.1 Å². The third-order valence-corrected chi connectivity index (χ3v) is 3.20. The molecule has 0 aromatic rings. The van der Waals surface area contributed by atoms with Gasteiger partial charge in [0.25, 0.3) is 0 Å². The van der Waals surface area contributed by atoms with Gasteiger partial charge in [-0.15, -0.1) is 12.4 Å². The van der Waals surface area contributed by atoms with Crippen LogP contribution in [0.5, 0.6) is 0 Å². The Morgan fingerprint density at radius 3 is 2.63 bits per heavy atom. The highest BCUT2D eigenvalue weighted by molar-refractivity contribution is 5.85. The summed E-state index contributed by atoms with van der Waals surface area (Å²) < 4.78 is 1.98. The minimum absolute atomic E-state index is 0. The van der Waals surface area contributed by atoms with Crippen LogP contribution in [0.25, 0.3) is 11.5 Å². The fraction of sp³-hybridized carbons (Fsp3) is 0.615. The number of unbranched alkanes of at least 4 members (excludes halogenated alkanes) is 3. The maximum Gasteiger partial charge on any atom is 0.202 e. The van der Waals surface area contributed by atoms with E-state index < -0.39 is 0 Å². The molecule has 0 aromatic carbocycles. The molecule has 2 rings (SSSR count). The number of fused-ring (bicyclic) bond motifs is 1. The van der Waals surface area contributed by atoms with E-state index in [4.69, 9.17) is 5.73 Å². The summed E-state index contributed by atoms with van der Waals surface area (Å²) in [5.74, 6) is 1.42. The van der Waals surface area contributed by atoms with Crippen molar-refractivity contribution in [3.05, 3.63) is 12.0 Å². The van der Waals surface area contributed by atoms with Crippen LogP contribution in [0, 0.1) is 0 Å². The smallest absolute Gasteiger partial charge is 0.202 e. The normalized spacial score (nSPS) is 10.6. The number of nitrogen functional groups attached to an aromatic ring is 1. The summed E-state index contributed by atoms with van der Waals surface area (Å²) in [5.41, 5.74) is 7.85. The molecule has 6 heteroatoms. The van der Waals surface area contributed by atoms with Gasteiger partial charge in [0, 0.05) is 6.54 Å². The van der Waals surface area contributed by atoms with Crippen LogP contribution in [0.4, 0.5) is 5.95 Å². The molecule has 2 heterocycles. The molecule has 0 unspecified atom stereocenters. The number of nitrogens with zero attached hydrogens (tertiary/aromatic N) is 4. The third kappa shape index (κ3) is 3.35. The summed E-state index contributed by atoms with van der Waals surface area (Å²) in [7, 11) is 0. The summed E-state index contributed by atoms with van der Waals surface area (Å²) in [6.45, 7) is 5.14. The van der Waals surface area contributed by atoms with Gasteiger partial charge in [-0.2, -0.15) is 0 Å². The van der Waals surface area contributed by atoms with Crippen molar-refractivity contribution in [2.75, 3.05) is 5.73 Å². The first-order valence-corrected chi connectivity index (χ1v) is 6.73. The topological polar surface area (TPSA) is 69.6 Å². The van der Waals surface area contributed by atoms with Crippen molar-refractivity contribution in [2.24, 2.45) is 0 Å². The number of anilines is 1. The second-order valence-electron chi connectivity index (χ2n) is 4.53. The highest BCUT2D eigenvalue weighted by atomic mass is 35.5. The van der Waals surface area contributed by atoms with E-state index in [0.29, 0.717) is 5.95 Å². The minimum atomic E-state index is 0. The molecule has 19 heavy (non-hydrogen) atoms. The SMILES string of the molecule is CCCCCCn1c(N)nc(CC)c2ncnc1-2.Cl. The summed E-state index contributed by atoms with van der Waals surface area (Å²) in [5, 5.41) is 0. The molecule has 5 nitrogen and oxygen atoms in total. The summed E-state index contributed by atoms with van der Waals surface area (Å²) in [6, 6.07) is 0. The molecule has 2 aliphatic heterocycles. The highest BCUT2D eigenvalue weighted by Gasteiger charge is 2.18. The number of rotatable bonds is 6. The first-order valence-electron chi connectivity index (χ1n) is 6.73. The number of halogens is 1. The average Bonchev–Trinajstić information content (AvgIpc) is 2.85. The standard InChI is InChI=1S/C13H21N5.ClH/c1-3-5-6-7-8-18-12-11(15-9-16-12)10(4-2)17-13(18)14;/h9H,3-8H2,1-2H3,(H2,14,17);1H. The lowest BCUT2D eigenvalue weighted by atomic mass is 10.2. The molecule has 0 aliphatic carbocycles. The Labute approximate surface area is 120 Å². The Balaban J connectivity index is 0.00000180. The Bertz CT molecular complexity index is 482. The molecule has 2 N–H and O–H groups in total. The van der Waals surface area contributed by atoms with Gasteiger partial charge in [-0.3, -0.25) is 4.57 Å². The van der Waals surface area contributed by atoms with Gasteiger partial charge in [0.2, 0.25) is 5.95 Å². The van der Waals surface area contributed by atoms with Crippen molar-refractivity contribution in [1.82, 2.24) is 19.5 Å². The maximum absolute atomic E-state index is 6.02. The zero-order chi connectivity index (χ0) is 13.0. The first-order chi connectivity index (χ1) is 8.77. The van der Waals surface area contributed by atoms with E-state index >= 15 is 0 Å². The van der Waals surface area contributed by atoms with Crippen molar-refractivity contribution < 1.29 is 0 Å². The summed E-state index contributed by atoms with van der Waals surface area (Å²) in [4.78, 5) is 13.0. The van der Waals surface area contributed by atoms with Crippen molar-refractivity contribution >= 4 is 18.4 Å². The monoisotopic (exact) mass is 283 g/mol. The lowest BCUT2D eigenvalue weighted by molar-refractivity contribution is 0.579. The predicted octanol–water partition coefficient (Wildman–Crippen LogP) is 2.92. The largest absolute Gasteiger partial charge is 0.369 e. The zero-order valence-electron chi connectivity index (χ0n) is 11.6. The van der Waals surface area contributed by atoms with Gasteiger partial charge < -0.3 is 5.73 Å². The Hall–Kier alpha value is -1.36. The number of aromatic nitrogens is 4. The van der Waals surface area contributed by atoms with Crippen LogP contribution in [0.2, 0.25) is 0 Å².